The maximum absolute atomic E-state index is 16.7. The van der Waals surface area contributed by atoms with Crippen molar-refractivity contribution in [2.45, 2.75) is 58.3 Å². The van der Waals surface area contributed by atoms with Crippen LogP contribution in [0.15, 0.2) is 24.0 Å². The number of nitrogens with one attached hydrogen (secondary N) is 1. The second-order valence-electron chi connectivity index (χ2n) is 12.9. The molecule has 8 nitrogen and oxygen atoms in total. The third kappa shape index (κ3) is 5.84. The number of piperazine rings is 1. The Morgan fingerprint density at radius 2 is 1.87 bits per heavy atom. The van der Waals surface area contributed by atoms with Crippen LogP contribution in [0.4, 0.5) is 37.8 Å². The van der Waals surface area contributed by atoms with Crippen molar-refractivity contribution in [1.29, 1.82) is 5.26 Å². The van der Waals surface area contributed by atoms with E-state index in [2.05, 4.69) is 20.2 Å². The van der Waals surface area contributed by atoms with Crippen molar-refractivity contribution in [3.8, 4) is 23.2 Å². The van der Waals surface area contributed by atoms with E-state index in [1.807, 2.05) is 18.7 Å². The Morgan fingerprint density at radius 3 is 2.49 bits per heavy atom. The number of benzene rings is 2. The third-order valence-corrected chi connectivity index (χ3v) is 9.70. The zero-order chi connectivity index (χ0) is 33.8. The van der Waals surface area contributed by atoms with Gasteiger partial charge in [0, 0.05) is 54.6 Å². The molecular weight excluding hydrogens is 624 g/mol. The van der Waals surface area contributed by atoms with Gasteiger partial charge in [-0.25, -0.2) is 13.2 Å². The topological polar surface area (TPSA) is 103 Å². The summed E-state index contributed by atoms with van der Waals surface area (Å²) in [4.78, 5) is 12.9. The number of alkyl halides is 3. The summed E-state index contributed by atoms with van der Waals surface area (Å²) in [6.45, 7) is 7.71. The van der Waals surface area contributed by atoms with E-state index >= 15 is 8.78 Å². The van der Waals surface area contributed by atoms with Gasteiger partial charge in [-0.2, -0.15) is 28.4 Å². The van der Waals surface area contributed by atoms with Gasteiger partial charge < -0.3 is 25.6 Å². The predicted octanol–water partition coefficient (Wildman–Crippen LogP) is 6.26. The van der Waals surface area contributed by atoms with Crippen LogP contribution in [0.5, 0.6) is 6.01 Å². The number of hydrogen-bond acceptors (Lipinski definition) is 8. The quantitative estimate of drug-likeness (QED) is 0.236. The molecule has 14 heteroatoms. The largest absolute Gasteiger partial charge is 0.462 e. The standard InChI is InChI=1S/C33H35F6N7O/c1-4-45-8-7-18(11-34)32(3,15-45)16-47-31-43-29-21(30(44-31)46-13-19-5-6-20(14-46)42-19)10-23(35)26(28(29)36)25-22(12-40)24(41)9-17(2)27(25)33(37,38)39/h9-11,19-20,42H,4-8,13-16,41H2,1-3H3/b18-11+/t19-,20+,32-/m0/s1. The molecular formula is C33H35F6N7O. The van der Waals surface area contributed by atoms with Crippen LogP contribution in [0.2, 0.25) is 0 Å². The van der Waals surface area contributed by atoms with Crippen molar-refractivity contribution in [3.05, 3.63) is 52.4 Å². The number of nitrogens with zero attached hydrogens (tertiary/aromatic N) is 5. The van der Waals surface area contributed by atoms with Gasteiger partial charge in [-0.1, -0.05) is 13.8 Å². The van der Waals surface area contributed by atoms with E-state index in [1.54, 1.807) is 6.07 Å². The number of nitriles is 1. The second-order valence-corrected chi connectivity index (χ2v) is 12.9. The second kappa shape index (κ2) is 12.2. The molecule has 2 bridgehead atoms. The fraction of sp³-hybridized carbons (Fsp3) is 0.485. The molecule has 0 aliphatic carbocycles. The molecule has 4 heterocycles. The molecule has 0 amide bonds. The molecule has 2 aromatic carbocycles. The van der Waals surface area contributed by atoms with Crippen molar-refractivity contribution in [1.82, 2.24) is 20.2 Å². The Kier molecular flexibility index (Phi) is 8.50. The number of aryl methyl sites for hydroxylation is 1. The molecule has 0 unspecified atom stereocenters. The van der Waals surface area contributed by atoms with Crippen molar-refractivity contribution >= 4 is 22.4 Å². The lowest BCUT2D eigenvalue weighted by atomic mass is 9.78. The lowest BCUT2D eigenvalue weighted by molar-refractivity contribution is -0.137. The zero-order valence-corrected chi connectivity index (χ0v) is 26.2. The van der Waals surface area contributed by atoms with Gasteiger partial charge in [-0.05, 0) is 56.0 Å². The van der Waals surface area contributed by atoms with Crippen LogP contribution in [0.1, 0.15) is 49.8 Å². The van der Waals surface area contributed by atoms with E-state index in [4.69, 9.17) is 10.5 Å². The molecule has 3 aliphatic rings. The smallest absolute Gasteiger partial charge is 0.417 e. The molecule has 3 saturated heterocycles. The number of nitrogen functional groups attached to an aromatic ring is 1. The van der Waals surface area contributed by atoms with Gasteiger partial charge >= 0.3 is 12.2 Å². The fourth-order valence-electron chi connectivity index (χ4n) is 7.32. The first-order valence-corrected chi connectivity index (χ1v) is 15.5. The molecule has 3 aromatic rings. The first-order chi connectivity index (χ1) is 22.3. The highest BCUT2D eigenvalue weighted by atomic mass is 19.4. The number of halogens is 6. The van der Waals surface area contributed by atoms with E-state index in [9.17, 15) is 22.8 Å². The summed E-state index contributed by atoms with van der Waals surface area (Å²) in [6.07, 6.45) is -2.21. The highest BCUT2D eigenvalue weighted by molar-refractivity contribution is 5.95. The van der Waals surface area contributed by atoms with E-state index in [0.717, 1.165) is 38.4 Å². The minimum Gasteiger partial charge on any atom is -0.462 e. The number of likely N-dealkylation sites (tertiary alicyclic amines) is 1. The van der Waals surface area contributed by atoms with Crippen LogP contribution in [0, 0.1) is 35.3 Å². The van der Waals surface area contributed by atoms with Gasteiger partial charge in [0.1, 0.15) is 29.8 Å². The van der Waals surface area contributed by atoms with Gasteiger partial charge in [-0.15, -0.1) is 0 Å². The Hall–Kier alpha value is -4.09. The minimum absolute atomic E-state index is 0.0597. The van der Waals surface area contributed by atoms with Crippen molar-refractivity contribution < 1.29 is 31.1 Å². The van der Waals surface area contributed by atoms with Crippen molar-refractivity contribution in [2.24, 2.45) is 5.41 Å². The number of anilines is 2. The van der Waals surface area contributed by atoms with Crippen LogP contribution >= 0.6 is 0 Å². The molecule has 3 atom stereocenters. The van der Waals surface area contributed by atoms with Gasteiger partial charge in [0.05, 0.1) is 28.7 Å². The van der Waals surface area contributed by atoms with Crippen LogP contribution in [0.25, 0.3) is 22.0 Å². The molecule has 3 fully saturated rings. The zero-order valence-electron chi connectivity index (χ0n) is 26.2. The minimum atomic E-state index is -5.07. The van der Waals surface area contributed by atoms with E-state index in [0.29, 0.717) is 44.5 Å². The lowest BCUT2D eigenvalue weighted by Gasteiger charge is -2.41. The average Bonchev–Trinajstić information content (AvgIpc) is 3.36. The number of aromatic nitrogens is 2. The summed E-state index contributed by atoms with van der Waals surface area (Å²) in [5.74, 6) is -2.58. The van der Waals surface area contributed by atoms with Crippen LogP contribution in [0.3, 0.4) is 0 Å². The highest BCUT2D eigenvalue weighted by Gasteiger charge is 2.41. The number of ether oxygens (including phenoxy) is 1. The first kappa shape index (κ1) is 32.8. The monoisotopic (exact) mass is 659 g/mol. The number of nitrogens with two attached hydrogens (primary N) is 1. The third-order valence-electron chi connectivity index (χ3n) is 9.70. The number of fused-ring (bicyclic) bond motifs is 3. The SMILES string of the molecule is CCN1CC/C(=C\F)[C@](C)(COc2nc(N3C[C@H]4CC[C@@H](C3)N4)c3cc(F)c(-c4c(C#N)c(N)cc(C)c4C(F)(F)F)c(F)c3n2)C1. The molecule has 250 valence electrons. The fourth-order valence-corrected chi connectivity index (χ4v) is 7.32. The van der Waals surface area contributed by atoms with Crippen LogP contribution < -0.4 is 20.7 Å². The van der Waals surface area contributed by atoms with Gasteiger partial charge in [-0.3, -0.25) is 0 Å². The Bertz CT molecular complexity index is 1790. The molecule has 0 radical (unpaired) electrons. The van der Waals surface area contributed by atoms with Gasteiger partial charge in [0.2, 0.25) is 0 Å². The molecule has 1 aromatic heterocycles. The Balaban J connectivity index is 1.54. The Morgan fingerprint density at radius 1 is 1.17 bits per heavy atom. The molecule has 0 saturated carbocycles. The predicted molar refractivity (Wildman–Crippen MR) is 165 cm³/mol. The maximum atomic E-state index is 16.7. The van der Waals surface area contributed by atoms with Gasteiger partial charge in [0.15, 0.2) is 5.82 Å². The van der Waals surface area contributed by atoms with E-state index in [-0.39, 0.29) is 41.6 Å². The average molecular weight is 660 g/mol. The van der Waals surface area contributed by atoms with E-state index in [1.165, 1.54) is 0 Å². The first-order valence-electron chi connectivity index (χ1n) is 15.5. The summed E-state index contributed by atoms with van der Waals surface area (Å²) >= 11 is 0. The van der Waals surface area contributed by atoms with Crippen LogP contribution in [-0.4, -0.2) is 66.3 Å². The summed E-state index contributed by atoms with van der Waals surface area (Å²) in [5, 5.41) is 13.2. The summed E-state index contributed by atoms with van der Waals surface area (Å²) in [7, 11) is 0. The number of hydrogen-bond donors (Lipinski definition) is 2. The Labute approximate surface area is 268 Å². The number of piperidine rings is 1. The molecule has 0 spiro atoms. The van der Waals surface area contributed by atoms with Crippen LogP contribution in [-0.2, 0) is 6.18 Å². The summed E-state index contributed by atoms with van der Waals surface area (Å²) in [6, 6.07) is 3.40. The summed E-state index contributed by atoms with van der Waals surface area (Å²) < 4.78 is 96.1. The molecule has 47 heavy (non-hydrogen) atoms. The highest BCUT2D eigenvalue weighted by Crippen LogP contribution is 2.46. The molecule has 3 N–H and O–H groups in total. The van der Waals surface area contributed by atoms with E-state index < -0.39 is 56.6 Å². The van der Waals surface area contributed by atoms with Gasteiger partial charge in [0.25, 0.3) is 0 Å². The van der Waals surface area contributed by atoms with Crippen molar-refractivity contribution in [3.63, 3.8) is 0 Å². The molecule has 6 rings (SSSR count). The maximum Gasteiger partial charge on any atom is 0.417 e. The number of rotatable bonds is 6. The lowest BCUT2D eigenvalue weighted by Crippen LogP contribution is -2.51. The summed E-state index contributed by atoms with van der Waals surface area (Å²) in [5.41, 5.74) is 0.296. The molecule has 3 aliphatic heterocycles. The normalized spacial score (nSPS) is 24.3. The van der Waals surface area contributed by atoms with Crippen molar-refractivity contribution in [2.75, 3.05) is 50.0 Å².